The van der Waals surface area contributed by atoms with Gasteiger partial charge in [0.25, 0.3) is 0 Å². The molecule has 1 aliphatic rings. The first-order valence-electron chi connectivity index (χ1n) is 9.02. The Morgan fingerprint density at radius 1 is 1.31 bits per heavy atom. The Morgan fingerprint density at radius 3 is 2.48 bits per heavy atom. The molecule has 0 unspecified atom stereocenters. The van der Waals surface area contributed by atoms with Gasteiger partial charge >= 0.3 is 15.5 Å². The molecule has 0 aromatic heterocycles. The highest BCUT2D eigenvalue weighted by atomic mass is 32.2. The molecule has 164 valence electrons. The predicted molar refractivity (Wildman–Crippen MR) is 100 cm³/mol. The average molecular weight is 440 g/mol. The molecule has 0 radical (unpaired) electrons. The van der Waals surface area contributed by atoms with E-state index >= 15 is 0 Å². The third kappa shape index (κ3) is 5.95. The molecule has 2 N–H and O–H groups in total. The summed E-state index contributed by atoms with van der Waals surface area (Å²) in [5, 5.41) is 6.10. The number of rotatable bonds is 6. The van der Waals surface area contributed by atoms with E-state index in [1.165, 1.54) is 19.2 Å². The van der Waals surface area contributed by atoms with Crippen LogP contribution in [0, 0.1) is 5.82 Å². The van der Waals surface area contributed by atoms with Crippen LogP contribution in [0.5, 0.6) is 5.75 Å². The van der Waals surface area contributed by atoms with Crippen molar-refractivity contribution in [1.29, 1.82) is 0 Å². The highest BCUT2D eigenvalue weighted by Crippen LogP contribution is 2.29. The minimum atomic E-state index is -5.30. The minimum Gasteiger partial charge on any atom is -0.494 e. The number of halogens is 4. The number of hydrogen-bond acceptors (Lipinski definition) is 4. The van der Waals surface area contributed by atoms with E-state index in [2.05, 4.69) is 15.6 Å². The van der Waals surface area contributed by atoms with Crippen LogP contribution in [0.3, 0.4) is 0 Å². The van der Waals surface area contributed by atoms with Crippen LogP contribution in [0.2, 0.25) is 0 Å². The molecular formula is C17H24F4N4O3S. The van der Waals surface area contributed by atoms with Crippen LogP contribution in [-0.4, -0.2) is 57.0 Å². The van der Waals surface area contributed by atoms with E-state index in [-0.39, 0.29) is 44.3 Å². The molecule has 1 aromatic carbocycles. The Hall–Kier alpha value is -2.08. The first kappa shape index (κ1) is 23.2. The number of methoxy groups -OCH3 is 1. The van der Waals surface area contributed by atoms with E-state index in [0.717, 1.165) is 0 Å². The highest BCUT2D eigenvalue weighted by Gasteiger charge is 2.50. The molecule has 0 spiro atoms. The van der Waals surface area contributed by atoms with Gasteiger partial charge in [-0.05, 0) is 37.5 Å². The van der Waals surface area contributed by atoms with E-state index in [4.69, 9.17) is 4.74 Å². The number of nitrogens with zero attached hydrogens (tertiary/aromatic N) is 2. The number of ether oxygens (including phenoxy) is 1. The first-order valence-corrected chi connectivity index (χ1v) is 10.5. The van der Waals surface area contributed by atoms with Crippen LogP contribution >= 0.6 is 0 Å². The molecule has 7 nitrogen and oxygen atoms in total. The van der Waals surface area contributed by atoms with Crippen molar-refractivity contribution < 1.29 is 30.7 Å². The van der Waals surface area contributed by atoms with Crippen LogP contribution < -0.4 is 15.4 Å². The zero-order valence-electron chi connectivity index (χ0n) is 16.1. The molecule has 0 aliphatic carbocycles. The highest BCUT2D eigenvalue weighted by molar-refractivity contribution is 7.90. The van der Waals surface area contributed by atoms with Crippen LogP contribution in [0.15, 0.2) is 23.2 Å². The van der Waals surface area contributed by atoms with E-state index in [1.807, 2.05) is 6.92 Å². The van der Waals surface area contributed by atoms with Crippen molar-refractivity contribution in [3.8, 4) is 5.75 Å². The minimum absolute atomic E-state index is 0.128. The van der Waals surface area contributed by atoms with E-state index < -0.39 is 21.3 Å². The predicted octanol–water partition coefficient (Wildman–Crippen LogP) is 2.20. The lowest BCUT2D eigenvalue weighted by Crippen LogP contribution is -2.51. The lowest BCUT2D eigenvalue weighted by atomic mass is 10.1. The van der Waals surface area contributed by atoms with Crippen LogP contribution in [-0.2, 0) is 16.6 Å². The smallest absolute Gasteiger partial charge is 0.494 e. The second-order valence-electron chi connectivity index (χ2n) is 6.43. The van der Waals surface area contributed by atoms with Crippen molar-refractivity contribution in [1.82, 2.24) is 14.9 Å². The summed E-state index contributed by atoms with van der Waals surface area (Å²) in [5.74, 6) is 0.0422. The van der Waals surface area contributed by atoms with Gasteiger partial charge in [0, 0.05) is 25.7 Å². The quantitative estimate of drug-likeness (QED) is 0.403. The number of nitrogens with one attached hydrogen (secondary N) is 2. The summed E-state index contributed by atoms with van der Waals surface area (Å²) in [7, 11) is -3.93. The number of alkyl halides is 3. The number of aliphatic imine (C=N–C) groups is 1. The van der Waals surface area contributed by atoms with Gasteiger partial charge in [-0.15, -0.1) is 0 Å². The normalized spacial score (nSPS) is 17.2. The monoisotopic (exact) mass is 440 g/mol. The maximum absolute atomic E-state index is 13.8. The summed E-state index contributed by atoms with van der Waals surface area (Å²) >= 11 is 0. The van der Waals surface area contributed by atoms with Gasteiger partial charge in [0.1, 0.15) is 0 Å². The van der Waals surface area contributed by atoms with Crippen molar-refractivity contribution in [3.63, 3.8) is 0 Å². The van der Waals surface area contributed by atoms with Crippen molar-refractivity contribution in [2.45, 2.75) is 37.9 Å². The fraction of sp³-hybridized carbons (Fsp3) is 0.588. The standard InChI is InChI=1S/C17H24F4N4O3S/c1-3-22-16(23-11-12-4-5-15(28-2)14(18)10-12)24-13-6-8-25(9-7-13)29(26,27)17(19,20)21/h4-5,10,13H,3,6-9,11H2,1-2H3,(H2,22,23,24). The fourth-order valence-corrected chi connectivity index (χ4v) is 3.86. The molecule has 0 atom stereocenters. The first-order chi connectivity index (χ1) is 13.6. The maximum atomic E-state index is 13.8. The van der Waals surface area contributed by atoms with Crippen molar-refractivity contribution in [3.05, 3.63) is 29.6 Å². The van der Waals surface area contributed by atoms with Crippen molar-refractivity contribution >= 4 is 16.0 Å². The lowest BCUT2D eigenvalue weighted by molar-refractivity contribution is -0.0494. The second-order valence-corrected chi connectivity index (χ2v) is 8.36. The number of guanidine groups is 1. The second kappa shape index (κ2) is 9.61. The Balaban J connectivity index is 1.97. The summed E-state index contributed by atoms with van der Waals surface area (Å²) in [6, 6.07) is 4.25. The molecule has 0 bridgehead atoms. The number of piperidine rings is 1. The zero-order valence-corrected chi connectivity index (χ0v) is 16.9. The molecule has 2 rings (SSSR count). The Kier molecular flexibility index (Phi) is 7.69. The number of sulfonamides is 1. The van der Waals surface area contributed by atoms with Gasteiger partial charge in [-0.3, -0.25) is 0 Å². The van der Waals surface area contributed by atoms with Crippen LogP contribution in [0.4, 0.5) is 17.6 Å². The molecule has 1 heterocycles. The molecular weight excluding hydrogens is 416 g/mol. The van der Waals surface area contributed by atoms with Gasteiger partial charge in [-0.25, -0.2) is 17.8 Å². The summed E-state index contributed by atoms with van der Waals surface area (Å²) < 4.78 is 80.0. The van der Waals surface area contributed by atoms with Gasteiger partial charge in [-0.2, -0.15) is 17.5 Å². The van der Waals surface area contributed by atoms with Crippen molar-refractivity contribution in [2.24, 2.45) is 4.99 Å². The molecule has 0 saturated carbocycles. The maximum Gasteiger partial charge on any atom is 0.511 e. The summed E-state index contributed by atoms with van der Waals surface area (Å²) in [5.41, 5.74) is -4.68. The molecule has 0 amide bonds. The van der Waals surface area contributed by atoms with Gasteiger partial charge in [0.15, 0.2) is 17.5 Å². The third-order valence-electron chi connectivity index (χ3n) is 4.41. The third-order valence-corrected chi connectivity index (χ3v) is 6.04. The Morgan fingerprint density at radius 2 is 1.97 bits per heavy atom. The topological polar surface area (TPSA) is 83.0 Å². The molecule has 29 heavy (non-hydrogen) atoms. The number of benzene rings is 1. The summed E-state index contributed by atoms with van der Waals surface area (Å²) in [4.78, 5) is 4.36. The van der Waals surface area contributed by atoms with E-state index in [9.17, 15) is 26.0 Å². The van der Waals surface area contributed by atoms with Crippen LogP contribution in [0.25, 0.3) is 0 Å². The summed E-state index contributed by atoms with van der Waals surface area (Å²) in [6.07, 6.45) is 0.410. The van der Waals surface area contributed by atoms with E-state index in [1.54, 1.807) is 6.07 Å². The van der Waals surface area contributed by atoms with Crippen molar-refractivity contribution in [2.75, 3.05) is 26.7 Å². The molecule has 1 fully saturated rings. The SMILES string of the molecule is CCNC(=NCc1ccc(OC)c(F)c1)NC1CCN(S(=O)(=O)C(F)(F)F)CC1. The fourth-order valence-electron chi connectivity index (χ4n) is 2.88. The van der Waals surface area contributed by atoms with Gasteiger partial charge < -0.3 is 15.4 Å². The average Bonchev–Trinajstić information content (AvgIpc) is 2.66. The molecule has 1 aliphatic heterocycles. The Labute approximate surface area is 167 Å². The largest absolute Gasteiger partial charge is 0.511 e. The summed E-state index contributed by atoms with van der Waals surface area (Å²) in [6.45, 7) is 2.11. The van der Waals surface area contributed by atoms with Gasteiger partial charge in [-0.1, -0.05) is 6.07 Å². The lowest BCUT2D eigenvalue weighted by Gasteiger charge is -2.32. The van der Waals surface area contributed by atoms with Gasteiger partial charge in [0.05, 0.1) is 13.7 Å². The zero-order chi connectivity index (χ0) is 21.7. The Bertz CT molecular complexity index is 822. The molecule has 12 heteroatoms. The van der Waals surface area contributed by atoms with Crippen LogP contribution in [0.1, 0.15) is 25.3 Å². The van der Waals surface area contributed by atoms with E-state index in [0.29, 0.717) is 22.4 Å². The molecule has 1 aromatic rings. The molecule has 1 saturated heterocycles. The van der Waals surface area contributed by atoms with Gasteiger partial charge in [0.2, 0.25) is 0 Å². The number of hydrogen-bond donors (Lipinski definition) is 2.